The molecule has 0 aliphatic carbocycles. The fourth-order valence-electron chi connectivity index (χ4n) is 2.83. The molecule has 2 N–H and O–H groups in total. The topological polar surface area (TPSA) is 86.7 Å². The van der Waals surface area contributed by atoms with E-state index < -0.39 is 23.7 Å². The highest BCUT2D eigenvalue weighted by atomic mass is 32.2. The van der Waals surface area contributed by atoms with E-state index in [2.05, 4.69) is 5.32 Å². The Kier molecular flexibility index (Phi) is 5.75. The van der Waals surface area contributed by atoms with E-state index in [9.17, 15) is 18.8 Å². The van der Waals surface area contributed by atoms with Gasteiger partial charge in [-0.3, -0.25) is 14.4 Å². The lowest BCUT2D eigenvalue weighted by atomic mass is 10.0. The van der Waals surface area contributed by atoms with Crippen LogP contribution in [0.2, 0.25) is 0 Å². The van der Waals surface area contributed by atoms with Crippen LogP contribution in [0.5, 0.6) is 0 Å². The number of aliphatic carboxylic acids is 1. The summed E-state index contributed by atoms with van der Waals surface area (Å²) in [6.45, 7) is -0.215. The van der Waals surface area contributed by atoms with Crippen molar-refractivity contribution in [3.05, 3.63) is 59.9 Å². The first kappa shape index (κ1) is 18.9. The highest BCUT2D eigenvalue weighted by Gasteiger charge is 2.27. The number of rotatable bonds is 6. The second kappa shape index (κ2) is 8.22. The van der Waals surface area contributed by atoms with Crippen LogP contribution in [0.25, 0.3) is 0 Å². The van der Waals surface area contributed by atoms with Gasteiger partial charge in [0.1, 0.15) is 12.4 Å². The first-order valence-corrected chi connectivity index (χ1v) is 9.21. The first-order chi connectivity index (χ1) is 12.9. The normalized spacial score (nSPS) is 14.4. The SMILES string of the molecule is O=C(O)CC(NC(=O)CN1C(=O)CSc2ccccc21)c1ccc(F)cc1. The first-order valence-electron chi connectivity index (χ1n) is 8.23. The molecule has 6 nitrogen and oxygen atoms in total. The predicted octanol–water partition coefficient (Wildman–Crippen LogP) is 2.60. The number of carbonyl (C=O) groups is 3. The number of carboxylic acids is 1. The van der Waals surface area contributed by atoms with Crippen LogP contribution in [0.1, 0.15) is 18.0 Å². The third-order valence-electron chi connectivity index (χ3n) is 4.10. The van der Waals surface area contributed by atoms with Crippen molar-refractivity contribution in [2.75, 3.05) is 17.2 Å². The number of nitrogens with zero attached hydrogens (tertiary/aromatic N) is 1. The van der Waals surface area contributed by atoms with Crippen molar-refractivity contribution in [2.45, 2.75) is 17.4 Å². The zero-order valence-electron chi connectivity index (χ0n) is 14.2. The summed E-state index contributed by atoms with van der Waals surface area (Å²) in [7, 11) is 0. The highest BCUT2D eigenvalue weighted by Crippen LogP contribution is 2.34. The quantitative estimate of drug-likeness (QED) is 0.794. The van der Waals surface area contributed by atoms with Crippen LogP contribution >= 0.6 is 11.8 Å². The molecule has 27 heavy (non-hydrogen) atoms. The monoisotopic (exact) mass is 388 g/mol. The molecule has 0 saturated heterocycles. The van der Waals surface area contributed by atoms with Crippen molar-refractivity contribution in [3.63, 3.8) is 0 Å². The van der Waals surface area contributed by atoms with Crippen molar-refractivity contribution >= 4 is 35.2 Å². The lowest BCUT2D eigenvalue weighted by Gasteiger charge is -2.29. The smallest absolute Gasteiger partial charge is 0.305 e. The Morgan fingerprint density at radius 2 is 1.89 bits per heavy atom. The Labute approximate surface area is 159 Å². The molecule has 0 aromatic heterocycles. The predicted molar refractivity (Wildman–Crippen MR) is 99.1 cm³/mol. The Bertz CT molecular complexity index is 872. The summed E-state index contributed by atoms with van der Waals surface area (Å²) in [5, 5.41) is 11.8. The van der Waals surface area contributed by atoms with Gasteiger partial charge >= 0.3 is 5.97 Å². The third kappa shape index (κ3) is 4.65. The van der Waals surface area contributed by atoms with Crippen LogP contribution in [0.3, 0.4) is 0 Å². The van der Waals surface area contributed by atoms with Crippen LogP contribution in [-0.4, -0.2) is 35.2 Å². The molecule has 1 heterocycles. The molecule has 3 rings (SSSR count). The van der Waals surface area contributed by atoms with Crippen molar-refractivity contribution in [3.8, 4) is 0 Å². The van der Waals surface area contributed by atoms with E-state index in [1.54, 1.807) is 12.1 Å². The number of nitrogens with one attached hydrogen (secondary N) is 1. The molecule has 0 saturated carbocycles. The highest BCUT2D eigenvalue weighted by molar-refractivity contribution is 8.00. The fourth-order valence-corrected chi connectivity index (χ4v) is 3.77. The number of halogens is 1. The minimum absolute atomic E-state index is 0.189. The van der Waals surface area contributed by atoms with Gasteiger partial charge in [-0.2, -0.15) is 0 Å². The molecule has 2 aromatic rings. The molecule has 140 valence electrons. The average Bonchev–Trinajstić information content (AvgIpc) is 2.64. The summed E-state index contributed by atoms with van der Waals surface area (Å²) < 4.78 is 13.1. The fraction of sp³-hybridized carbons (Fsp3) is 0.211. The van der Waals surface area contributed by atoms with Gasteiger partial charge in [0.05, 0.1) is 23.9 Å². The molecule has 1 atom stereocenters. The van der Waals surface area contributed by atoms with E-state index in [1.165, 1.54) is 40.9 Å². The number of hydrogen-bond acceptors (Lipinski definition) is 4. The van der Waals surface area contributed by atoms with Crippen molar-refractivity contribution in [1.29, 1.82) is 0 Å². The minimum atomic E-state index is -1.10. The largest absolute Gasteiger partial charge is 0.481 e. The minimum Gasteiger partial charge on any atom is -0.481 e. The molecule has 0 radical (unpaired) electrons. The second-order valence-electron chi connectivity index (χ2n) is 6.01. The molecule has 0 fully saturated rings. The average molecular weight is 388 g/mol. The summed E-state index contributed by atoms with van der Waals surface area (Å²) in [5.41, 5.74) is 1.14. The Morgan fingerprint density at radius 3 is 2.59 bits per heavy atom. The van der Waals surface area contributed by atoms with Crippen LogP contribution in [0.4, 0.5) is 10.1 Å². The summed E-state index contributed by atoms with van der Waals surface area (Å²) in [4.78, 5) is 38.2. The van der Waals surface area contributed by atoms with Crippen molar-refractivity contribution in [1.82, 2.24) is 5.32 Å². The molecular weight excluding hydrogens is 371 g/mol. The van der Waals surface area contributed by atoms with Crippen LogP contribution in [0.15, 0.2) is 53.4 Å². The molecule has 0 spiro atoms. The second-order valence-corrected chi connectivity index (χ2v) is 7.02. The lowest BCUT2D eigenvalue weighted by Crippen LogP contribution is -2.44. The maximum absolute atomic E-state index is 13.1. The van der Waals surface area contributed by atoms with Crippen LogP contribution in [0, 0.1) is 5.82 Å². The van der Waals surface area contributed by atoms with E-state index in [-0.39, 0.29) is 24.6 Å². The number of thioether (sulfide) groups is 1. The number of fused-ring (bicyclic) bond motifs is 1. The number of carbonyl (C=O) groups excluding carboxylic acids is 2. The molecule has 1 aliphatic rings. The van der Waals surface area contributed by atoms with E-state index >= 15 is 0 Å². The molecule has 2 amide bonds. The Hall–Kier alpha value is -2.87. The van der Waals surface area contributed by atoms with Crippen molar-refractivity contribution < 1.29 is 23.9 Å². The number of amides is 2. The molecule has 0 bridgehead atoms. The summed E-state index contributed by atoms with van der Waals surface area (Å²) in [6.07, 6.45) is -0.349. The standard InChI is InChI=1S/C19H17FN2O4S/c20-13-7-5-12(6-8-13)14(9-19(25)26)21-17(23)10-22-15-3-1-2-4-16(15)27-11-18(22)24/h1-8,14H,9-11H2,(H,21,23)(H,25,26). The van der Waals surface area contributed by atoms with Crippen LogP contribution < -0.4 is 10.2 Å². The van der Waals surface area contributed by atoms with Gasteiger partial charge in [-0.1, -0.05) is 24.3 Å². The van der Waals surface area contributed by atoms with Gasteiger partial charge in [-0.15, -0.1) is 11.8 Å². The summed E-state index contributed by atoms with van der Waals surface area (Å²) in [6, 6.07) is 11.7. The van der Waals surface area contributed by atoms with Gasteiger partial charge in [0.15, 0.2) is 0 Å². The number of carboxylic acid groups (broad SMARTS) is 1. The van der Waals surface area contributed by atoms with Gasteiger partial charge < -0.3 is 15.3 Å². The zero-order valence-corrected chi connectivity index (χ0v) is 15.0. The number of para-hydroxylation sites is 1. The summed E-state index contributed by atoms with van der Waals surface area (Å²) >= 11 is 1.41. The molecule has 1 unspecified atom stereocenters. The molecule has 2 aromatic carbocycles. The van der Waals surface area contributed by atoms with E-state index in [1.807, 2.05) is 12.1 Å². The van der Waals surface area contributed by atoms with Gasteiger partial charge in [0, 0.05) is 4.90 Å². The van der Waals surface area contributed by atoms with E-state index in [4.69, 9.17) is 5.11 Å². The third-order valence-corrected chi connectivity index (χ3v) is 5.14. The van der Waals surface area contributed by atoms with Crippen molar-refractivity contribution in [2.24, 2.45) is 0 Å². The molecular formula is C19H17FN2O4S. The van der Waals surface area contributed by atoms with E-state index in [0.717, 1.165) is 4.90 Å². The van der Waals surface area contributed by atoms with Gasteiger partial charge in [-0.05, 0) is 29.8 Å². The Balaban J connectivity index is 1.75. The number of hydrogen-bond donors (Lipinski definition) is 2. The maximum Gasteiger partial charge on any atom is 0.305 e. The van der Waals surface area contributed by atoms with Crippen LogP contribution in [-0.2, 0) is 14.4 Å². The summed E-state index contributed by atoms with van der Waals surface area (Å²) in [5.74, 6) is -1.99. The maximum atomic E-state index is 13.1. The van der Waals surface area contributed by atoms with Gasteiger partial charge in [0.2, 0.25) is 11.8 Å². The number of anilines is 1. The number of benzene rings is 2. The lowest BCUT2D eigenvalue weighted by molar-refractivity contribution is -0.137. The molecule has 1 aliphatic heterocycles. The molecule has 8 heteroatoms. The Morgan fingerprint density at radius 1 is 1.19 bits per heavy atom. The van der Waals surface area contributed by atoms with E-state index in [0.29, 0.717) is 11.3 Å². The van der Waals surface area contributed by atoms with Gasteiger partial charge in [-0.25, -0.2) is 4.39 Å². The van der Waals surface area contributed by atoms with Gasteiger partial charge in [0.25, 0.3) is 0 Å². The zero-order chi connectivity index (χ0) is 19.4.